The van der Waals surface area contributed by atoms with Gasteiger partial charge in [-0.1, -0.05) is 60.0 Å². The summed E-state index contributed by atoms with van der Waals surface area (Å²) in [6.45, 7) is 4.57. The van der Waals surface area contributed by atoms with E-state index in [0.29, 0.717) is 11.8 Å². The highest BCUT2D eigenvalue weighted by molar-refractivity contribution is 8.07. The Morgan fingerprint density at radius 1 is 0.842 bits per heavy atom. The van der Waals surface area contributed by atoms with Crippen molar-refractivity contribution < 1.29 is 0 Å². The van der Waals surface area contributed by atoms with Gasteiger partial charge in [-0.15, -0.1) is 0 Å². The van der Waals surface area contributed by atoms with Crippen LogP contribution in [0.1, 0.15) is 20.3 Å². The lowest BCUT2D eigenvalue weighted by atomic mass is 9.88. The maximum absolute atomic E-state index is 2.35. The van der Waals surface area contributed by atoms with Crippen LogP contribution in [0.4, 0.5) is 0 Å². The van der Waals surface area contributed by atoms with Crippen molar-refractivity contribution in [1.82, 2.24) is 0 Å². The monoisotopic (exact) mass is 284 g/mol. The molecule has 2 heteroatoms. The molecular formula is C17H16S2. The molecule has 2 aliphatic carbocycles. The maximum Gasteiger partial charge on any atom is 0.0308 e. The molecule has 4 aliphatic rings. The van der Waals surface area contributed by atoms with E-state index in [2.05, 4.69) is 50.3 Å². The molecule has 19 heavy (non-hydrogen) atoms. The third-order valence-corrected chi connectivity index (χ3v) is 6.71. The zero-order valence-electron chi connectivity index (χ0n) is 11.1. The zero-order valence-corrected chi connectivity index (χ0v) is 12.8. The van der Waals surface area contributed by atoms with Crippen molar-refractivity contribution in [2.24, 2.45) is 11.8 Å². The maximum atomic E-state index is 2.35. The minimum Gasteiger partial charge on any atom is -0.0983 e. The molecule has 0 radical (unpaired) electrons. The average molecular weight is 284 g/mol. The Labute approximate surface area is 123 Å². The lowest BCUT2D eigenvalue weighted by Gasteiger charge is -2.15. The molecule has 0 aromatic carbocycles. The summed E-state index contributed by atoms with van der Waals surface area (Å²) in [4.78, 5) is 6.08. The highest BCUT2D eigenvalue weighted by Gasteiger charge is 2.34. The molecule has 0 saturated heterocycles. The van der Waals surface area contributed by atoms with Crippen LogP contribution in [-0.2, 0) is 0 Å². The van der Waals surface area contributed by atoms with E-state index < -0.39 is 0 Å². The van der Waals surface area contributed by atoms with Crippen molar-refractivity contribution in [2.75, 3.05) is 0 Å². The summed E-state index contributed by atoms with van der Waals surface area (Å²) < 4.78 is 0. The minimum absolute atomic E-state index is 0.578. The summed E-state index contributed by atoms with van der Waals surface area (Å²) in [7, 11) is 0. The molecule has 0 aromatic rings. The van der Waals surface area contributed by atoms with Crippen LogP contribution < -0.4 is 0 Å². The normalized spacial score (nSPS) is 31.3. The van der Waals surface area contributed by atoms with E-state index in [4.69, 9.17) is 0 Å². The molecule has 2 heterocycles. The number of rotatable bonds is 2. The summed E-state index contributed by atoms with van der Waals surface area (Å²) in [5.41, 5.74) is 3.25. The number of allylic oxidation sites excluding steroid dienone is 12. The van der Waals surface area contributed by atoms with Crippen molar-refractivity contribution in [3.63, 3.8) is 0 Å². The lowest BCUT2D eigenvalue weighted by molar-refractivity contribution is 0.837. The molecule has 0 N–H and O–H groups in total. The van der Waals surface area contributed by atoms with E-state index in [-0.39, 0.29) is 0 Å². The third kappa shape index (κ3) is 1.77. The van der Waals surface area contributed by atoms with Crippen LogP contribution in [0.3, 0.4) is 0 Å². The van der Waals surface area contributed by atoms with Gasteiger partial charge in [0, 0.05) is 21.6 Å². The van der Waals surface area contributed by atoms with E-state index in [9.17, 15) is 0 Å². The molecule has 0 aromatic heterocycles. The first-order chi connectivity index (χ1) is 9.24. The second kappa shape index (κ2) is 4.32. The van der Waals surface area contributed by atoms with Crippen molar-refractivity contribution >= 4 is 23.5 Å². The van der Waals surface area contributed by atoms with E-state index in [0.717, 1.165) is 6.42 Å². The van der Waals surface area contributed by atoms with Crippen LogP contribution in [-0.4, -0.2) is 0 Å². The van der Waals surface area contributed by atoms with Gasteiger partial charge in [-0.25, -0.2) is 0 Å². The SMILES string of the molecule is CC1=C(CC2=C(C)SC3=CC=CC32)C2C=CC=C2S1. The molecule has 0 amide bonds. The second-order valence-electron chi connectivity index (χ2n) is 5.41. The van der Waals surface area contributed by atoms with Gasteiger partial charge >= 0.3 is 0 Å². The summed E-state index contributed by atoms with van der Waals surface area (Å²) in [5.74, 6) is 1.16. The smallest absolute Gasteiger partial charge is 0.0308 e. The molecule has 2 unspecified atom stereocenters. The van der Waals surface area contributed by atoms with Gasteiger partial charge in [0.2, 0.25) is 0 Å². The zero-order chi connectivity index (χ0) is 13.0. The molecule has 0 saturated carbocycles. The lowest BCUT2D eigenvalue weighted by Crippen LogP contribution is -2.02. The fourth-order valence-corrected chi connectivity index (χ4v) is 5.64. The molecule has 0 nitrogen and oxygen atoms in total. The quantitative estimate of drug-likeness (QED) is 0.651. The fourth-order valence-electron chi connectivity index (χ4n) is 3.29. The molecule has 2 aliphatic heterocycles. The Morgan fingerprint density at radius 3 is 1.79 bits per heavy atom. The van der Waals surface area contributed by atoms with Crippen LogP contribution in [0, 0.1) is 11.8 Å². The van der Waals surface area contributed by atoms with Crippen LogP contribution in [0.25, 0.3) is 0 Å². The molecule has 4 rings (SSSR count). The standard InChI is InChI=1S/C17H16S2/c1-10-14(12-5-3-7-16(12)18-10)9-15-11(2)19-17-8-4-6-13(15)17/h3-8,12-13H,9H2,1-2H3. The number of hydrogen-bond acceptors (Lipinski definition) is 2. The Kier molecular flexibility index (Phi) is 2.71. The van der Waals surface area contributed by atoms with Gasteiger partial charge in [0.05, 0.1) is 0 Å². The molecule has 0 spiro atoms. The van der Waals surface area contributed by atoms with E-state index in [1.54, 1.807) is 11.1 Å². The highest BCUT2D eigenvalue weighted by Crippen LogP contribution is 2.54. The minimum atomic E-state index is 0.578. The summed E-state index contributed by atoms with van der Waals surface area (Å²) in [6.07, 6.45) is 14.8. The largest absolute Gasteiger partial charge is 0.0983 e. The van der Waals surface area contributed by atoms with E-state index in [1.807, 2.05) is 23.5 Å². The van der Waals surface area contributed by atoms with Crippen molar-refractivity contribution in [3.8, 4) is 0 Å². The predicted molar refractivity (Wildman–Crippen MR) is 86.6 cm³/mol. The van der Waals surface area contributed by atoms with Gasteiger partial charge in [0.1, 0.15) is 0 Å². The first kappa shape index (κ1) is 11.9. The molecule has 2 atom stereocenters. The molecule has 0 fully saturated rings. The summed E-state index contributed by atoms with van der Waals surface area (Å²) >= 11 is 3.94. The van der Waals surface area contributed by atoms with Gasteiger partial charge < -0.3 is 0 Å². The second-order valence-corrected chi connectivity index (χ2v) is 7.98. The van der Waals surface area contributed by atoms with E-state index >= 15 is 0 Å². The van der Waals surface area contributed by atoms with Gasteiger partial charge in [0.15, 0.2) is 0 Å². The average Bonchev–Trinajstić information content (AvgIpc) is 3.06. The van der Waals surface area contributed by atoms with Gasteiger partial charge in [-0.2, -0.15) is 0 Å². The summed E-state index contributed by atoms with van der Waals surface area (Å²) in [6, 6.07) is 0. The number of hydrogen-bond donors (Lipinski definition) is 0. The topological polar surface area (TPSA) is 0 Å². The number of thioether (sulfide) groups is 2. The van der Waals surface area contributed by atoms with Crippen LogP contribution in [0.5, 0.6) is 0 Å². The van der Waals surface area contributed by atoms with Crippen LogP contribution in [0.15, 0.2) is 67.2 Å². The molecular weight excluding hydrogens is 268 g/mol. The van der Waals surface area contributed by atoms with Gasteiger partial charge in [-0.3, -0.25) is 0 Å². The number of fused-ring (bicyclic) bond motifs is 2. The summed E-state index contributed by atoms with van der Waals surface area (Å²) in [5, 5.41) is 0. The highest BCUT2D eigenvalue weighted by atomic mass is 32.2. The Hall–Kier alpha value is -0.860. The predicted octanol–water partition coefficient (Wildman–Crippen LogP) is 5.56. The first-order valence-electron chi connectivity index (χ1n) is 6.76. The first-order valence-corrected chi connectivity index (χ1v) is 8.39. The van der Waals surface area contributed by atoms with Gasteiger partial charge in [-0.05, 0) is 41.2 Å². The van der Waals surface area contributed by atoms with Crippen LogP contribution >= 0.6 is 23.5 Å². The Bertz CT molecular complexity index is 582. The van der Waals surface area contributed by atoms with Crippen molar-refractivity contribution in [1.29, 1.82) is 0 Å². The van der Waals surface area contributed by atoms with Crippen molar-refractivity contribution in [2.45, 2.75) is 20.3 Å². The molecule has 96 valence electrons. The third-order valence-electron chi connectivity index (χ3n) is 4.32. The van der Waals surface area contributed by atoms with Gasteiger partial charge in [0.25, 0.3) is 0 Å². The Balaban J connectivity index is 1.66. The fraction of sp³-hybridized carbons (Fsp3) is 0.294. The Morgan fingerprint density at radius 2 is 1.32 bits per heavy atom. The van der Waals surface area contributed by atoms with Crippen molar-refractivity contribution in [3.05, 3.63) is 67.2 Å². The van der Waals surface area contributed by atoms with Crippen LogP contribution in [0.2, 0.25) is 0 Å². The van der Waals surface area contributed by atoms with E-state index in [1.165, 1.54) is 19.6 Å². The molecule has 0 bridgehead atoms.